The molecule has 0 radical (unpaired) electrons. The number of hydrogen-bond donors (Lipinski definition) is 2. The monoisotopic (exact) mass is 442 g/mol. The molecule has 0 bridgehead atoms. The Morgan fingerprint density at radius 3 is 2.39 bits per heavy atom. The molecule has 0 fully saturated rings. The van der Waals surface area contributed by atoms with Crippen LogP contribution in [0.15, 0.2) is 71.1 Å². The van der Waals surface area contributed by atoms with E-state index in [1.807, 2.05) is 61.5 Å². The predicted molar refractivity (Wildman–Crippen MR) is 122 cm³/mol. The Hall–Kier alpha value is -4.13. The average Bonchev–Trinajstić information content (AvgIpc) is 3.35. The quantitative estimate of drug-likeness (QED) is 0.450. The molecule has 4 aromatic rings. The van der Waals surface area contributed by atoms with Gasteiger partial charge >= 0.3 is 12.1 Å². The number of amides is 1. The maximum absolute atomic E-state index is 12.5. The first-order chi connectivity index (χ1) is 16.0. The van der Waals surface area contributed by atoms with Crippen molar-refractivity contribution in [2.75, 3.05) is 6.61 Å². The van der Waals surface area contributed by atoms with Crippen molar-refractivity contribution in [3.8, 4) is 11.1 Å². The van der Waals surface area contributed by atoms with Gasteiger partial charge < -0.3 is 19.6 Å². The number of aryl methyl sites for hydroxylation is 1. The molecule has 7 nitrogen and oxygen atoms in total. The van der Waals surface area contributed by atoms with Gasteiger partial charge in [-0.15, -0.1) is 0 Å². The normalized spacial score (nSPS) is 13.4. The van der Waals surface area contributed by atoms with E-state index < -0.39 is 18.1 Å². The molecule has 166 valence electrons. The van der Waals surface area contributed by atoms with Crippen LogP contribution < -0.4 is 5.32 Å². The summed E-state index contributed by atoms with van der Waals surface area (Å²) < 4.78 is 11.1. The largest absolute Gasteiger partial charge is 0.480 e. The number of alkyl carbamates (subject to hydrolysis) is 1. The molecule has 0 saturated heterocycles. The molecule has 1 unspecified atom stereocenters. The summed E-state index contributed by atoms with van der Waals surface area (Å²) in [6.07, 6.45) is -0.885. The highest BCUT2D eigenvalue weighted by Gasteiger charge is 2.30. The van der Waals surface area contributed by atoms with E-state index in [4.69, 9.17) is 9.15 Å². The number of ether oxygens (including phenoxy) is 1. The van der Waals surface area contributed by atoms with Crippen LogP contribution in [-0.2, 0) is 16.0 Å². The summed E-state index contributed by atoms with van der Waals surface area (Å²) >= 11 is 0. The number of carboxylic acids is 1. The molecule has 7 heteroatoms. The van der Waals surface area contributed by atoms with E-state index in [0.29, 0.717) is 11.1 Å². The minimum absolute atomic E-state index is 0.0900. The van der Waals surface area contributed by atoms with Crippen molar-refractivity contribution in [1.82, 2.24) is 10.3 Å². The smallest absolute Gasteiger partial charge is 0.407 e. The standard InChI is InChI=1S/C26H22N2O5/c1-15-10-11-21-23(12-15)33-24(27-21)13-22(25(29)30)28-26(31)32-14-20-18-8-4-2-6-16(18)17-7-3-5-9-19(17)20/h2-12,20,22H,13-14H2,1H3,(H,28,31)(H,29,30). The van der Waals surface area contributed by atoms with Crippen LogP contribution in [0.5, 0.6) is 0 Å². The Kier molecular flexibility index (Phi) is 5.30. The molecule has 0 aliphatic heterocycles. The molecule has 1 heterocycles. The highest BCUT2D eigenvalue weighted by Crippen LogP contribution is 2.44. The molecular formula is C26H22N2O5. The highest BCUT2D eigenvalue weighted by atomic mass is 16.5. The number of hydrogen-bond acceptors (Lipinski definition) is 5. The lowest BCUT2D eigenvalue weighted by Crippen LogP contribution is -2.43. The molecule has 5 rings (SSSR count). The average molecular weight is 442 g/mol. The van der Waals surface area contributed by atoms with Gasteiger partial charge in [0.1, 0.15) is 18.2 Å². The van der Waals surface area contributed by atoms with E-state index in [0.717, 1.165) is 27.8 Å². The minimum Gasteiger partial charge on any atom is -0.480 e. The third kappa shape index (κ3) is 4.05. The van der Waals surface area contributed by atoms with Crippen molar-refractivity contribution in [3.63, 3.8) is 0 Å². The molecule has 1 atom stereocenters. The van der Waals surface area contributed by atoms with Gasteiger partial charge in [-0.2, -0.15) is 0 Å². The van der Waals surface area contributed by atoms with Crippen LogP contribution >= 0.6 is 0 Å². The number of aromatic nitrogens is 1. The number of fused-ring (bicyclic) bond motifs is 4. The minimum atomic E-state index is -1.23. The Morgan fingerprint density at radius 1 is 1.06 bits per heavy atom. The zero-order valence-corrected chi connectivity index (χ0v) is 17.9. The molecule has 0 saturated carbocycles. The number of benzene rings is 3. The van der Waals surface area contributed by atoms with Crippen LogP contribution in [-0.4, -0.2) is 34.8 Å². The van der Waals surface area contributed by atoms with Gasteiger partial charge in [0, 0.05) is 5.92 Å². The van der Waals surface area contributed by atoms with E-state index >= 15 is 0 Å². The molecule has 0 spiro atoms. The van der Waals surface area contributed by atoms with Crippen LogP contribution in [0.4, 0.5) is 4.79 Å². The second-order valence-corrected chi connectivity index (χ2v) is 8.14. The number of carboxylic acid groups (broad SMARTS) is 1. The first-order valence-electron chi connectivity index (χ1n) is 10.7. The lowest BCUT2D eigenvalue weighted by Gasteiger charge is -2.16. The first-order valence-corrected chi connectivity index (χ1v) is 10.7. The van der Waals surface area contributed by atoms with Crippen LogP contribution in [0.25, 0.3) is 22.2 Å². The van der Waals surface area contributed by atoms with Gasteiger partial charge in [0.2, 0.25) is 0 Å². The maximum atomic E-state index is 12.5. The van der Waals surface area contributed by atoms with Crippen molar-refractivity contribution in [2.24, 2.45) is 0 Å². The summed E-state index contributed by atoms with van der Waals surface area (Å²) in [6.45, 7) is 2.04. The second-order valence-electron chi connectivity index (χ2n) is 8.14. The van der Waals surface area contributed by atoms with Crippen molar-refractivity contribution in [2.45, 2.75) is 25.3 Å². The van der Waals surface area contributed by atoms with Crippen molar-refractivity contribution in [1.29, 1.82) is 0 Å². The summed E-state index contributed by atoms with van der Waals surface area (Å²) in [5.74, 6) is -1.06. The Balaban J connectivity index is 1.27. The van der Waals surface area contributed by atoms with Gasteiger partial charge in [-0.05, 0) is 46.9 Å². The Labute approximate surface area is 190 Å². The predicted octanol–water partition coefficient (Wildman–Crippen LogP) is 4.67. The molecule has 3 aromatic carbocycles. The zero-order chi connectivity index (χ0) is 22.9. The lowest BCUT2D eigenvalue weighted by atomic mass is 9.98. The van der Waals surface area contributed by atoms with Crippen molar-refractivity contribution < 1.29 is 23.8 Å². The number of oxazole rings is 1. The zero-order valence-electron chi connectivity index (χ0n) is 17.9. The molecule has 1 aliphatic rings. The van der Waals surface area contributed by atoms with E-state index in [-0.39, 0.29) is 24.8 Å². The molecule has 1 aromatic heterocycles. The summed E-state index contributed by atoms with van der Waals surface area (Å²) in [6, 6.07) is 20.4. The van der Waals surface area contributed by atoms with E-state index in [9.17, 15) is 14.7 Å². The van der Waals surface area contributed by atoms with Crippen LogP contribution in [0.3, 0.4) is 0 Å². The van der Waals surface area contributed by atoms with Crippen LogP contribution in [0, 0.1) is 6.92 Å². The van der Waals surface area contributed by atoms with E-state index in [1.54, 1.807) is 0 Å². The fourth-order valence-corrected chi connectivity index (χ4v) is 4.32. The van der Waals surface area contributed by atoms with Gasteiger partial charge in [-0.25, -0.2) is 14.6 Å². The van der Waals surface area contributed by atoms with Gasteiger partial charge in [-0.3, -0.25) is 0 Å². The summed E-state index contributed by atoms with van der Waals surface area (Å²) in [5, 5.41) is 12.0. The SMILES string of the molecule is Cc1ccc2nc(CC(NC(=O)OCC3c4ccccc4-c4ccccc43)C(=O)O)oc2c1. The third-order valence-electron chi connectivity index (χ3n) is 5.90. The third-order valence-corrected chi connectivity index (χ3v) is 5.90. The lowest BCUT2D eigenvalue weighted by molar-refractivity contribution is -0.139. The summed E-state index contributed by atoms with van der Waals surface area (Å²) in [4.78, 5) is 28.6. The number of carbonyl (C=O) groups excluding carboxylic acids is 1. The molecule has 1 aliphatic carbocycles. The fraction of sp³-hybridized carbons (Fsp3) is 0.192. The fourth-order valence-electron chi connectivity index (χ4n) is 4.32. The van der Waals surface area contributed by atoms with Gasteiger partial charge in [0.15, 0.2) is 11.5 Å². The van der Waals surface area contributed by atoms with Crippen molar-refractivity contribution in [3.05, 3.63) is 89.3 Å². The first kappa shape index (κ1) is 20.8. The van der Waals surface area contributed by atoms with Crippen molar-refractivity contribution >= 4 is 23.2 Å². The topological polar surface area (TPSA) is 102 Å². The maximum Gasteiger partial charge on any atom is 0.407 e. The number of aliphatic carboxylic acids is 1. The second kappa shape index (κ2) is 8.43. The highest BCUT2D eigenvalue weighted by molar-refractivity contribution is 5.81. The van der Waals surface area contributed by atoms with Crippen LogP contribution in [0.1, 0.15) is 28.5 Å². The van der Waals surface area contributed by atoms with Crippen LogP contribution in [0.2, 0.25) is 0 Å². The van der Waals surface area contributed by atoms with E-state index in [1.165, 1.54) is 0 Å². The van der Waals surface area contributed by atoms with Gasteiger partial charge in [-0.1, -0.05) is 54.6 Å². The number of nitrogens with zero attached hydrogens (tertiary/aromatic N) is 1. The molecule has 2 N–H and O–H groups in total. The number of rotatable bonds is 6. The number of nitrogens with one attached hydrogen (secondary N) is 1. The van der Waals surface area contributed by atoms with Gasteiger partial charge in [0.25, 0.3) is 0 Å². The Morgan fingerprint density at radius 2 is 1.73 bits per heavy atom. The molecule has 33 heavy (non-hydrogen) atoms. The molecular weight excluding hydrogens is 420 g/mol. The molecule has 1 amide bonds. The van der Waals surface area contributed by atoms with E-state index in [2.05, 4.69) is 22.4 Å². The summed E-state index contributed by atoms with van der Waals surface area (Å²) in [5.41, 5.74) is 6.65. The van der Waals surface area contributed by atoms with Gasteiger partial charge in [0.05, 0.1) is 6.42 Å². The summed E-state index contributed by atoms with van der Waals surface area (Å²) in [7, 11) is 0. The number of carbonyl (C=O) groups is 2. The Bertz CT molecular complexity index is 1310.